The van der Waals surface area contributed by atoms with E-state index in [1.165, 1.54) is 25.9 Å². The third kappa shape index (κ3) is 8.12. The Balaban J connectivity index is 0.000000277. The van der Waals surface area contributed by atoms with Crippen molar-refractivity contribution in [1.82, 2.24) is 10.6 Å². The molecule has 5 heteroatoms. The zero-order valence-corrected chi connectivity index (χ0v) is 17.1. The first-order chi connectivity index (χ1) is 10.8. The molecule has 2 rings (SSSR count). The second-order valence-electron chi connectivity index (χ2n) is 8.64. The van der Waals surface area contributed by atoms with Crippen LogP contribution >= 0.6 is 0 Å². The Kier molecular flexibility index (Phi) is 9.30. The number of nitrogens with one attached hydrogen (secondary N) is 2. The summed E-state index contributed by atoms with van der Waals surface area (Å²) in [6.45, 7) is 17.5. The van der Waals surface area contributed by atoms with Crippen LogP contribution in [0.4, 0.5) is 0 Å². The minimum atomic E-state index is -1.51. The van der Waals surface area contributed by atoms with Crippen LogP contribution in [0, 0.1) is 11.8 Å². The maximum absolute atomic E-state index is 8.66. The Labute approximate surface area is 144 Å². The maximum atomic E-state index is 8.66. The Morgan fingerprint density at radius 3 is 1.70 bits per heavy atom. The monoisotopic (exact) mass is 344 g/mol. The van der Waals surface area contributed by atoms with Gasteiger partial charge in [0, 0.05) is 13.2 Å². The average Bonchev–Trinajstić information content (AvgIpc) is 2.54. The van der Waals surface area contributed by atoms with Crippen molar-refractivity contribution in [3.05, 3.63) is 0 Å². The van der Waals surface area contributed by atoms with Crippen LogP contribution in [0.25, 0.3) is 0 Å². The van der Waals surface area contributed by atoms with Crippen molar-refractivity contribution in [2.45, 2.75) is 64.6 Å². The first-order valence-electron chi connectivity index (χ1n) is 9.42. The Hall–Kier alpha value is 0.0569. The Morgan fingerprint density at radius 2 is 1.35 bits per heavy atom. The van der Waals surface area contributed by atoms with Crippen molar-refractivity contribution in [1.29, 1.82) is 0 Å². The highest BCUT2D eigenvalue weighted by atomic mass is 28.4. The van der Waals surface area contributed by atoms with Crippen LogP contribution in [0.2, 0.25) is 18.1 Å². The van der Waals surface area contributed by atoms with E-state index in [-0.39, 0.29) is 0 Å². The van der Waals surface area contributed by atoms with Crippen LogP contribution in [0.1, 0.15) is 46.5 Å². The van der Waals surface area contributed by atoms with E-state index < -0.39 is 8.32 Å². The average molecular weight is 345 g/mol. The van der Waals surface area contributed by atoms with Crippen LogP contribution < -0.4 is 10.6 Å². The summed E-state index contributed by atoms with van der Waals surface area (Å²) in [4.78, 5) is 0. The molecule has 0 atom stereocenters. The second-order valence-corrected chi connectivity index (χ2v) is 13.4. The summed E-state index contributed by atoms with van der Waals surface area (Å²) in [5.74, 6) is 1.37. The number of aliphatic hydroxyl groups is 1. The van der Waals surface area contributed by atoms with Crippen LogP contribution in [0.15, 0.2) is 0 Å². The van der Waals surface area contributed by atoms with E-state index in [0.717, 1.165) is 38.5 Å². The van der Waals surface area contributed by atoms with E-state index in [9.17, 15) is 0 Å². The van der Waals surface area contributed by atoms with Gasteiger partial charge in [0.25, 0.3) is 0 Å². The summed E-state index contributed by atoms with van der Waals surface area (Å²) >= 11 is 0. The van der Waals surface area contributed by atoms with E-state index >= 15 is 0 Å². The van der Waals surface area contributed by atoms with Gasteiger partial charge in [0.1, 0.15) is 0 Å². The zero-order valence-electron chi connectivity index (χ0n) is 16.1. The minimum Gasteiger partial charge on any atom is -0.417 e. The van der Waals surface area contributed by atoms with E-state index in [0.29, 0.717) is 17.6 Å². The van der Waals surface area contributed by atoms with Crippen molar-refractivity contribution in [3.63, 3.8) is 0 Å². The molecule has 0 bridgehead atoms. The fourth-order valence-electron chi connectivity index (χ4n) is 2.66. The highest BCUT2D eigenvalue weighted by Gasteiger charge is 2.37. The molecule has 2 saturated heterocycles. The number of rotatable bonds is 4. The van der Waals surface area contributed by atoms with Gasteiger partial charge in [0.2, 0.25) is 0 Å². The molecule has 0 amide bonds. The summed E-state index contributed by atoms with van der Waals surface area (Å²) in [5.41, 5.74) is 0. The highest BCUT2D eigenvalue weighted by molar-refractivity contribution is 6.74. The molecule has 0 aromatic carbocycles. The largest absolute Gasteiger partial charge is 0.417 e. The highest BCUT2D eigenvalue weighted by Crippen LogP contribution is 2.37. The predicted molar refractivity (Wildman–Crippen MR) is 101 cm³/mol. The molecule has 0 saturated carbocycles. The van der Waals surface area contributed by atoms with Gasteiger partial charge < -0.3 is 20.2 Å². The summed E-state index contributed by atoms with van der Waals surface area (Å²) in [7, 11) is -1.51. The number of aliphatic hydroxyl groups excluding tert-OH is 1. The third-order valence-electron chi connectivity index (χ3n) is 5.66. The molecule has 0 spiro atoms. The van der Waals surface area contributed by atoms with Crippen LogP contribution in [-0.4, -0.2) is 52.8 Å². The molecule has 138 valence electrons. The number of hydrogen-bond donors (Lipinski definition) is 3. The SMILES string of the molecule is CC(C)(C)[Si](C)(C)OCC1CCNCC1.OCC1CCNCC1. The quantitative estimate of drug-likeness (QED) is 0.686. The van der Waals surface area contributed by atoms with E-state index in [4.69, 9.17) is 9.53 Å². The molecule has 0 aromatic heterocycles. The van der Waals surface area contributed by atoms with Gasteiger partial charge in [-0.1, -0.05) is 20.8 Å². The van der Waals surface area contributed by atoms with Gasteiger partial charge >= 0.3 is 0 Å². The summed E-state index contributed by atoms with van der Waals surface area (Å²) in [6, 6.07) is 0. The number of piperidine rings is 2. The van der Waals surface area contributed by atoms with Gasteiger partial charge in [-0.15, -0.1) is 0 Å². The van der Waals surface area contributed by atoms with Crippen molar-refractivity contribution in [3.8, 4) is 0 Å². The lowest BCUT2D eigenvalue weighted by Crippen LogP contribution is -2.43. The zero-order chi connectivity index (χ0) is 17.3. The van der Waals surface area contributed by atoms with Gasteiger partial charge in [-0.3, -0.25) is 0 Å². The summed E-state index contributed by atoms with van der Waals surface area (Å²) < 4.78 is 6.24. The molecule has 3 N–H and O–H groups in total. The molecule has 23 heavy (non-hydrogen) atoms. The van der Waals surface area contributed by atoms with Gasteiger partial charge in [0.05, 0.1) is 0 Å². The van der Waals surface area contributed by atoms with E-state index in [2.05, 4.69) is 44.5 Å². The molecule has 0 aromatic rings. The molecule has 2 aliphatic rings. The Morgan fingerprint density at radius 1 is 0.913 bits per heavy atom. The van der Waals surface area contributed by atoms with Crippen molar-refractivity contribution >= 4 is 8.32 Å². The second kappa shape index (κ2) is 10.1. The first-order valence-corrected chi connectivity index (χ1v) is 12.3. The standard InChI is InChI=1S/C12H27NOSi.C6H13NO/c1-12(2,3)15(4,5)14-10-11-6-8-13-9-7-11;8-5-6-1-3-7-4-2-6/h11,13H,6-10H2,1-5H3;6-8H,1-5H2. The molecule has 0 radical (unpaired) electrons. The molecular weight excluding hydrogens is 304 g/mol. The maximum Gasteiger partial charge on any atom is 0.191 e. The molecule has 2 fully saturated rings. The Bertz CT molecular complexity index is 307. The van der Waals surface area contributed by atoms with Crippen molar-refractivity contribution < 1.29 is 9.53 Å². The lowest BCUT2D eigenvalue weighted by atomic mass is 10.00. The minimum absolute atomic E-state index is 0.347. The van der Waals surface area contributed by atoms with E-state index in [1.54, 1.807) is 0 Å². The molecule has 2 aliphatic heterocycles. The normalized spacial score (nSPS) is 21.7. The van der Waals surface area contributed by atoms with Gasteiger partial charge in [0.15, 0.2) is 8.32 Å². The molecule has 4 nitrogen and oxygen atoms in total. The molecular formula is C18H40N2O2Si. The van der Waals surface area contributed by atoms with E-state index in [1.807, 2.05) is 0 Å². The predicted octanol–water partition coefficient (Wildman–Crippen LogP) is 2.99. The van der Waals surface area contributed by atoms with Gasteiger partial charge in [-0.2, -0.15) is 0 Å². The van der Waals surface area contributed by atoms with Crippen LogP contribution in [0.5, 0.6) is 0 Å². The molecule has 0 aliphatic carbocycles. The van der Waals surface area contributed by atoms with Gasteiger partial charge in [-0.25, -0.2) is 0 Å². The lowest BCUT2D eigenvalue weighted by Gasteiger charge is -2.37. The third-order valence-corrected chi connectivity index (χ3v) is 10.2. The van der Waals surface area contributed by atoms with Crippen LogP contribution in [-0.2, 0) is 4.43 Å². The fraction of sp³-hybridized carbons (Fsp3) is 1.00. The molecule has 2 heterocycles. The van der Waals surface area contributed by atoms with Crippen molar-refractivity contribution in [2.75, 3.05) is 39.4 Å². The topological polar surface area (TPSA) is 53.5 Å². The lowest BCUT2D eigenvalue weighted by molar-refractivity contribution is 0.196. The van der Waals surface area contributed by atoms with Crippen LogP contribution in [0.3, 0.4) is 0 Å². The fourth-order valence-corrected chi connectivity index (χ4v) is 3.74. The van der Waals surface area contributed by atoms with Crippen molar-refractivity contribution in [2.24, 2.45) is 11.8 Å². The smallest absolute Gasteiger partial charge is 0.191 e. The summed E-state index contributed by atoms with van der Waals surface area (Å²) in [5, 5.41) is 15.6. The first kappa shape index (κ1) is 21.1. The number of hydrogen-bond acceptors (Lipinski definition) is 4. The van der Waals surface area contributed by atoms with Gasteiger partial charge in [-0.05, 0) is 81.8 Å². The summed E-state index contributed by atoms with van der Waals surface area (Å²) in [6.07, 6.45) is 4.87. The molecule has 0 unspecified atom stereocenters.